The fourth-order valence-corrected chi connectivity index (χ4v) is 3.16. The van der Waals surface area contributed by atoms with Gasteiger partial charge in [-0.15, -0.1) is 24.0 Å². The van der Waals surface area contributed by atoms with E-state index in [-0.39, 0.29) is 36.0 Å². The first kappa shape index (κ1) is 22.4. The first-order valence-corrected chi connectivity index (χ1v) is 8.65. The van der Waals surface area contributed by atoms with Crippen molar-refractivity contribution in [2.45, 2.75) is 25.5 Å². The SMILES string of the molecule is CN=C(NCC1CN(C)CCO1)N1CCN(C(C)(C)C(N)=O)CC1.I. The van der Waals surface area contributed by atoms with Gasteiger partial charge < -0.3 is 25.6 Å². The molecule has 2 rings (SSSR count). The molecule has 2 heterocycles. The molecule has 1 amide bonds. The van der Waals surface area contributed by atoms with Gasteiger partial charge in [0.25, 0.3) is 0 Å². The number of morpholine rings is 1. The zero-order chi connectivity index (χ0) is 17.7. The lowest BCUT2D eigenvalue weighted by atomic mass is 10.0. The second kappa shape index (κ2) is 9.89. The third-order valence-electron chi connectivity index (χ3n) is 5.01. The molecule has 1 atom stereocenters. The third-order valence-corrected chi connectivity index (χ3v) is 5.01. The predicted octanol–water partition coefficient (Wildman–Crippen LogP) is -0.608. The highest BCUT2D eigenvalue weighted by molar-refractivity contribution is 14.0. The molecular weight excluding hydrogens is 435 g/mol. The number of primary amides is 1. The lowest BCUT2D eigenvalue weighted by Crippen LogP contribution is -2.61. The second-order valence-electron chi connectivity index (χ2n) is 7.08. The van der Waals surface area contributed by atoms with Crippen LogP contribution in [0.2, 0.25) is 0 Å². The van der Waals surface area contributed by atoms with Crippen molar-refractivity contribution in [3.8, 4) is 0 Å². The number of nitrogens with one attached hydrogen (secondary N) is 1. The number of likely N-dealkylation sites (N-methyl/N-ethyl adjacent to an activating group) is 1. The normalized spacial score (nSPS) is 23.9. The number of ether oxygens (including phenoxy) is 1. The largest absolute Gasteiger partial charge is 0.374 e. The number of piperazine rings is 1. The lowest BCUT2D eigenvalue weighted by molar-refractivity contribution is -0.129. The smallest absolute Gasteiger partial charge is 0.237 e. The number of aliphatic imine (C=N–C) groups is 1. The van der Waals surface area contributed by atoms with Crippen molar-refractivity contribution < 1.29 is 9.53 Å². The van der Waals surface area contributed by atoms with Crippen molar-refractivity contribution >= 4 is 35.8 Å². The average Bonchev–Trinajstić information content (AvgIpc) is 2.56. The maximum atomic E-state index is 11.6. The van der Waals surface area contributed by atoms with Gasteiger partial charge in [-0.3, -0.25) is 14.7 Å². The average molecular weight is 468 g/mol. The molecule has 2 aliphatic rings. The molecule has 0 bridgehead atoms. The van der Waals surface area contributed by atoms with E-state index in [9.17, 15) is 4.79 Å². The van der Waals surface area contributed by atoms with E-state index in [1.807, 2.05) is 13.8 Å². The molecule has 1 unspecified atom stereocenters. The number of halogens is 1. The molecule has 0 aliphatic carbocycles. The summed E-state index contributed by atoms with van der Waals surface area (Å²) in [6, 6.07) is 0. The maximum Gasteiger partial charge on any atom is 0.237 e. The number of hydrogen-bond acceptors (Lipinski definition) is 5. The summed E-state index contributed by atoms with van der Waals surface area (Å²) in [4.78, 5) is 22.6. The number of rotatable bonds is 4. The highest BCUT2D eigenvalue weighted by atomic mass is 127. The van der Waals surface area contributed by atoms with Crippen molar-refractivity contribution in [1.82, 2.24) is 20.0 Å². The minimum Gasteiger partial charge on any atom is -0.374 e. The van der Waals surface area contributed by atoms with Crippen LogP contribution in [0.25, 0.3) is 0 Å². The Bertz CT molecular complexity index is 466. The second-order valence-corrected chi connectivity index (χ2v) is 7.08. The molecule has 8 nitrogen and oxygen atoms in total. The summed E-state index contributed by atoms with van der Waals surface area (Å²) in [5, 5.41) is 3.42. The Hall–Kier alpha value is -0.650. The van der Waals surface area contributed by atoms with E-state index < -0.39 is 5.54 Å². The zero-order valence-corrected chi connectivity index (χ0v) is 18.2. The van der Waals surface area contributed by atoms with Crippen molar-refractivity contribution in [3.63, 3.8) is 0 Å². The van der Waals surface area contributed by atoms with Gasteiger partial charge in [0.2, 0.25) is 5.91 Å². The molecule has 0 spiro atoms. The lowest BCUT2D eigenvalue weighted by Gasteiger charge is -2.43. The van der Waals surface area contributed by atoms with Gasteiger partial charge in [0, 0.05) is 52.9 Å². The molecular formula is C16H33IN6O2. The standard InChI is InChI=1S/C16H32N6O2.HI/c1-16(2,14(17)23)22-7-5-21(6-8-22)15(18-3)19-11-13-12-20(4)9-10-24-13;/h13H,5-12H2,1-4H3,(H2,17,23)(H,18,19);1H. The Morgan fingerprint density at radius 3 is 2.44 bits per heavy atom. The van der Waals surface area contributed by atoms with E-state index in [0.29, 0.717) is 0 Å². The Morgan fingerprint density at radius 2 is 1.92 bits per heavy atom. The van der Waals surface area contributed by atoms with Crippen LogP contribution in [-0.4, -0.2) is 105 Å². The monoisotopic (exact) mass is 468 g/mol. The zero-order valence-electron chi connectivity index (χ0n) is 15.8. The van der Waals surface area contributed by atoms with Crippen LogP contribution in [0.5, 0.6) is 0 Å². The van der Waals surface area contributed by atoms with Gasteiger partial charge in [-0.05, 0) is 20.9 Å². The predicted molar refractivity (Wildman–Crippen MR) is 110 cm³/mol. The number of guanidine groups is 1. The molecule has 0 aromatic heterocycles. The topological polar surface area (TPSA) is 86.4 Å². The third kappa shape index (κ3) is 5.93. The van der Waals surface area contributed by atoms with E-state index in [0.717, 1.165) is 58.4 Å². The summed E-state index contributed by atoms with van der Waals surface area (Å²) in [6.45, 7) is 10.5. The van der Waals surface area contributed by atoms with Gasteiger partial charge in [-0.1, -0.05) is 0 Å². The van der Waals surface area contributed by atoms with Crippen molar-refractivity contribution in [2.75, 3.05) is 66.5 Å². The van der Waals surface area contributed by atoms with Crippen molar-refractivity contribution in [3.05, 3.63) is 0 Å². The minimum atomic E-state index is -0.608. The van der Waals surface area contributed by atoms with Crippen LogP contribution in [0, 0.1) is 0 Å². The van der Waals surface area contributed by atoms with Gasteiger partial charge >= 0.3 is 0 Å². The van der Waals surface area contributed by atoms with Gasteiger partial charge in [0.05, 0.1) is 18.2 Å². The number of nitrogens with zero attached hydrogens (tertiary/aromatic N) is 4. The molecule has 2 saturated heterocycles. The van der Waals surface area contributed by atoms with Crippen LogP contribution in [0.3, 0.4) is 0 Å². The Kier molecular flexibility index (Phi) is 8.85. The Labute approximate surface area is 168 Å². The molecule has 2 fully saturated rings. The van der Waals surface area contributed by atoms with E-state index in [1.54, 1.807) is 7.05 Å². The molecule has 3 N–H and O–H groups in total. The molecule has 0 aromatic rings. The molecule has 0 radical (unpaired) electrons. The summed E-state index contributed by atoms with van der Waals surface area (Å²) in [5.74, 6) is 0.611. The summed E-state index contributed by atoms with van der Waals surface area (Å²) in [5.41, 5.74) is 4.91. The van der Waals surface area contributed by atoms with Crippen LogP contribution in [-0.2, 0) is 9.53 Å². The van der Waals surface area contributed by atoms with Crippen molar-refractivity contribution in [1.29, 1.82) is 0 Å². The quantitative estimate of drug-likeness (QED) is 0.326. The van der Waals surface area contributed by atoms with Crippen molar-refractivity contribution in [2.24, 2.45) is 10.7 Å². The summed E-state index contributed by atoms with van der Waals surface area (Å²) in [6.07, 6.45) is 0.190. The number of carbonyl (C=O) groups is 1. The molecule has 9 heteroatoms. The van der Waals surface area contributed by atoms with Crippen LogP contribution in [0.1, 0.15) is 13.8 Å². The van der Waals surface area contributed by atoms with Crippen LogP contribution in [0.15, 0.2) is 4.99 Å². The first-order valence-electron chi connectivity index (χ1n) is 8.65. The fourth-order valence-electron chi connectivity index (χ4n) is 3.16. The molecule has 0 aromatic carbocycles. The van der Waals surface area contributed by atoms with E-state index in [1.165, 1.54) is 0 Å². The molecule has 25 heavy (non-hydrogen) atoms. The van der Waals surface area contributed by atoms with Gasteiger partial charge in [0.1, 0.15) is 0 Å². The van der Waals surface area contributed by atoms with Gasteiger partial charge in [-0.2, -0.15) is 0 Å². The minimum absolute atomic E-state index is 0. The number of amides is 1. The maximum absolute atomic E-state index is 11.6. The van der Waals surface area contributed by atoms with Crippen LogP contribution < -0.4 is 11.1 Å². The number of hydrogen-bond donors (Lipinski definition) is 2. The van der Waals surface area contributed by atoms with Crippen LogP contribution >= 0.6 is 24.0 Å². The highest BCUT2D eigenvalue weighted by Crippen LogP contribution is 2.16. The first-order chi connectivity index (χ1) is 11.3. The highest BCUT2D eigenvalue weighted by Gasteiger charge is 2.35. The molecule has 2 aliphatic heterocycles. The van der Waals surface area contributed by atoms with E-state index >= 15 is 0 Å². The molecule has 146 valence electrons. The fraction of sp³-hybridized carbons (Fsp3) is 0.875. The Morgan fingerprint density at radius 1 is 1.28 bits per heavy atom. The molecule has 0 saturated carbocycles. The van der Waals surface area contributed by atoms with E-state index in [2.05, 4.69) is 32.1 Å². The summed E-state index contributed by atoms with van der Waals surface area (Å²) in [7, 11) is 3.92. The Balaban J connectivity index is 0.00000312. The van der Waals surface area contributed by atoms with E-state index in [4.69, 9.17) is 10.5 Å². The van der Waals surface area contributed by atoms with Crippen LogP contribution in [0.4, 0.5) is 0 Å². The number of nitrogens with two attached hydrogens (primary N) is 1. The summed E-state index contributed by atoms with van der Waals surface area (Å²) >= 11 is 0. The number of carbonyl (C=O) groups excluding carboxylic acids is 1. The van der Waals surface area contributed by atoms with Gasteiger partial charge in [0.15, 0.2) is 5.96 Å². The summed E-state index contributed by atoms with van der Waals surface area (Å²) < 4.78 is 5.78. The van der Waals surface area contributed by atoms with Gasteiger partial charge in [-0.25, -0.2) is 0 Å².